The second kappa shape index (κ2) is 7.84. The van der Waals surface area contributed by atoms with Gasteiger partial charge >= 0.3 is 0 Å². The topological polar surface area (TPSA) is 49.4 Å². The van der Waals surface area contributed by atoms with Gasteiger partial charge in [0.1, 0.15) is 11.5 Å². The highest BCUT2D eigenvalue weighted by Gasteiger charge is 2.40. The molecule has 0 bridgehead atoms. The van der Waals surface area contributed by atoms with Gasteiger partial charge in [-0.3, -0.25) is 9.59 Å². The van der Waals surface area contributed by atoms with Crippen molar-refractivity contribution in [3.05, 3.63) is 100.0 Å². The van der Waals surface area contributed by atoms with E-state index in [9.17, 15) is 14.0 Å². The van der Waals surface area contributed by atoms with Gasteiger partial charge in [-0.1, -0.05) is 35.9 Å². The number of rotatable bonds is 4. The molecule has 1 heterocycles. The van der Waals surface area contributed by atoms with Gasteiger partial charge in [-0.05, 0) is 80.3 Å². The van der Waals surface area contributed by atoms with Crippen LogP contribution in [0.4, 0.5) is 15.8 Å². The van der Waals surface area contributed by atoms with E-state index in [0.717, 1.165) is 27.9 Å². The van der Waals surface area contributed by atoms with Crippen LogP contribution >= 0.6 is 0 Å². The molecular weight excluding hydrogens is 391 g/mol. The molecule has 3 aromatic carbocycles. The Labute approximate surface area is 181 Å². The number of hydrogen-bond donors (Lipinski definition) is 1. The van der Waals surface area contributed by atoms with Crippen LogP contribution in [0.2, 0.25) is 0 Å². The first-order chi connectivity index (χ1) is 14.7. The number of imide groups is 1. The Morgan fingerprint density at radius 2 is 1.39 bits per heavy atom. The number of nitrogens with zero attached hydrogens (tertiary/aromatic N) is 1. The van der Waals surface area contributed by atoms with Crippen molar-refractivity contribution in [3.8, 4) is 0 Å². The molecule has 1 aliphatic heterocycles. The molecule has 0 unspecified atom stereocenters. The summed E-state index contributed by atoms with van der Waals surface area (Å²) in [5.41, 5.74) is 6.09. The van der Waals surface area contributed by atoms with Crippen LogP contribution in [0.5, 0.6) is 0 Å². The quantitative estimate of drug-likeness (QED) is 0.577. The Balaban J connectivity index is 1.85. The van der Waals surface area contributed by atoms with E-state index in [1.54, 1.807) is 6.07 Å². The first-order valence-electron chi connectivity index (χ1n) is 10.1. The molecule has 0 saturated carbocycles. The predicted octanol–water partition coefficient (Wildman–Crippen LogP) is 5.46. The zero-order valence-electron chi connectivity index (χ0n) is 17.9. The van der Waals surface area contributed by atoms with Crippen LogP contribution < -0.4 is 10.2 Å². The number of carbonyl (C=O) groups is 2. The minimum absolute atomic E-state index is 0.182. The number of anilines is 2. The molecule has 0 aromatic heterocycles. The molecule has 0 saturated heterocycles. The van der Waals surface area contributed by atoms with Gasteiger partial charge in [0.2, 0.25) is 0 Å². The van der Waals surface area contributed by atoms with Gasteiger partial charge in [-0.15, -0.1) is 0 Å². The van der Waals surface area contributed by atoms with E-state index in [0.29, 0.717) is 11.3 Å². The number of hydrogen-bond acceptors (Lipinski definition) is 3. The van der Waals surface area contributed by atoms with E-state index in [1.165, 1.54) is 29.2 Å². The third kappa shape index (κ3) is 3.87. The number of aryl methyl sites for hydroxylation is 4. The first kappa shape index (κ1) is 20.5. The minimum Gasteiger partial charge on any atom is -0.350 e. The number of amides is 2. The second-order valence-corrected chi connectivity index (χ2v) is 7.99. The van der Waals surface area contributed by atoms with Crippen LogP contribution in [-0.2, 0) is 9.59 Å². The molecule has 0 atom stereocenters. The molecule has 0 fully saturated rings. The monoisotopic (exact) mass is 414 g/mol. The van der Waals surface area contributed by atoms with E-state index in [1.807, 2.05) is 58.0 Å². The van der Waals surface area contributed by atoms with Crippen LogP contribution in [0.25, 0.3) is 5.57 Å². The summed E-state index contributed by atoms with van der Waals surface area (Å²) in [6.45, 7) is 7.77. The lowest BCUT2D eigenvalue weighted by atomic mass is 10.0. The summed E-state index contributed by atoms with van der Waals surface area (Å²) in [7, 11) is 0. The average molecular weight is 414 g/mol. The fourth-order valence-electron chi connectivity index (χ4n) is 4.00. The summed E-state index contributed by atoms with van der Waals surface area (Å²) in [5, 5.41) is 3.17. The van der Waals surface area contributed by atoms with Gasteiger partial charge < -0.3 is 5.32 Å². The van der Waals surface area contributed by atoms with Gasteiger partial charge in [0.15, 0.2) is 0 Å². The lowest BCUT2D eigenvalue weighted by molar-refractivity contribution is -0.120. The van der Waals surface area contributed by atoms with Crippen LogP contribution in [-0.4, -0.2) is 11.8 Å². The zero-order valence-corrected chi connectivity index (χ0v) is 17.9. The molecule has 0 radical (unpaired) electrons. The Kier molecular flexibility index (Phi) is 5.19. The summed E-state index contributed by atoms with van der Waals surface area (Å²) in [6, 6.07) is 17.1. The number of nitrogens with one attached hydrogen (secondary N) is 1. The van der Waals surface area contributed by atoms with Crippen molar-refractivity contribution in [2.24, 2.45) is 0 Å². The van der Waals surface area contributed by atoms with Crippen LogP contribution in [0.1, 0.15) is 27.8 Å². The first-order valence-corrected chi connectivity index (χ1v) is 10.1. The standard InChI is InChI=1S/C26H23FN2O2/c1-15-5-10-22(18(4)12-15)29-25(30)23(19-6-8-20(27)9-7-19)24(26(29)31)28-21-13-16(2)11-17(3)14-21/h5-14,28H,1-4H3. The molecule has 1 N–H and O–H groups in total. The number of carbonyl (C=O) groups excluding carboxylic acids is 2. The normalized spacial score (nSPS) is 13.9. The van der Waals surface area contributed by atoms with E-state index in [2.05, 4.69) is 5.32 Å². The number of halogens is 1. The van der Waals surface area contributed by atoms with Crippen molar-refractivity contribution in [2.75, 3.05) is 10.2 Å². The third-order valence-corrected chi connectivity index (χ3v) is 5.30. The second-order valence-electron chi connectivity index (χ2n) is 7.99. The Hall–Kier alpha value is -3.73. The Morgan fingerprint density at radius 1 is 0.742 bits per heavy atom. The third-order valence-electron chi connectivity index (χ3n) is 5.30. The molecule has 1 aliphatic rings. The molecule has 0 aliphatic carbocycles. The fraction of sp³-hybridized carbons (Fsp3) is 0.154. The van der Waals surface area contributed by atoms with E-state index >= 15 is 0 Å². The smallest absolute Gasteiger partial charge is 0.282 e. The predicted molar refractivity (Wildman–Crippen MR) is 121 cm³/mol. The van der Waals surface area contributed by atoms with Crippen LogP contribution in [0.15, 0.2) is 66.4 Å². The molecule has 4 nitrogen and oxygen atoms in total. The van der Waals surface area contributed by atoms with Crippen molar-refractivity contribution in [2.45, 2.75) is 27.7 Å². The summed E-state index contributed by atoms with van der Waals surface area (Å²) in [4.78, 5) is 28.2. The number of benzene rings is 3. The molecule has 2 amide bonds. The van der Waals surface area contributed by atoms with Crippen LogP contribution in [0.3, 0.4) is 0 Å². The highest BCUT2D eigenvalue weighted by atomic mass is 19.1. The van der Waals surface area contributed by atoms with Crippen molar-refractivity contribution in [3.63, 3.8) is 0 Å². The lowest BCUT2D eigenvalue weighted by Gasteiger charge is -2.18. The van der Waals surface area contributed by atoms with E-state index in [-0.39, 0.29) is 11.3 Å². The van der Waals surface area contributed by atoms with Gasteiger partial charge in [-0.2, -0.15) is 0 Å². The minimum atomic E-state index is -0.435. The summed E-state index contributed by atoms with van der Waals surface area (Å²) >= 11 is 0. The van der Waals surface area contributed by atoms with Crippen LogP contribution in [0, 0.1) is 33.5 Å². The maximum atomic E-state index is 13.5. The maximum absolute atomic E-state index is 13.5. The SMILES string of the molecule is Cc1cc(C)cc(NC2=C(c3ccc(F)cc3)C(=O)N(c3ccc(C)cc3C)C2=O)c1. The molecule has 31 heavy (non-hydrogen) atoms. The van der Waals surface area contributed by atoms with Gasteiger partial charge in [0.25, 0.3) is 11.8 Å². The molecule has 156 valence electrons. The van der Waals surface area contributed by atoms with Crippen molar-refractivity contribution in [1.82, 2.24) is 0 Å². The maximum Gasteiger partial charge on any atom is 0.282 e. The Bertz CT molecular complexity index is 1220. The van der Waals surface area contributed by atoms with Gasteiger partial charge in [0, 0.05) is 5.69 Å². The lowest BCUT2D eigenvalue weighted by Crippen LogP contribution is -2.33. The molecule has 0 spiro atoms. The molecule has 5 heteroatoms. The van der Waals surface area contributed by atoms with Gasteiger partial charge in [0.05, 0.1) is 11.3 Å². The molecule has 4 rings (SSSR count). The van der Waals surface area contributed by atoms with Gasteiger partial charge in [-0.25, -0.2) is 9.29 Å². The van der Waals surface area contributed by atoms with E-state index in [4.69, 9.17) is 0 Å². The molecule has 3 aromatic rings. The Morgan fingerprint density at radius 3 is 2.00 bits per heavy atom. The largest absolute Gasteiger partial charge is 0.350 e. The summed E-state index contributed by atoms with van der Waals surface area (Å²) in [5.74, 6) is -1.28. The van der Waals surface area contributed by atoms with Crippen molar-refractivity contribution < 1.29 is 14.0 Å². The van der Waals surface area contributed by atoms with Crippen molar-refractivity contribution >= 4 is 28.8 Å². The van der Waals surface area contributed by atoms with Crippen molar-refractivity contribution in [1.29, 1.82) is 0 Å². The summed E-state index contributed by atoms with van der Waals surface area (Å²) in [6.07, 6.45) is 0. The highest BCUT2D eigenvalue weighted by molar-refractivity contribution is 6.46. The summed E-state index contributed by atoms with van der Waals surface area (Å²) < 4.78 is 13.5. The average Bonchev–Trinajstić information content (AvgIpc) is 2.92. The molecular formula is C26H23FN2O2. The fourth-order valence-corrected chi connectivity index (χ4v) is 4.00. The zero-order chi connectivity index (χ0) is 22.3. The highest BCUT2D eigenvalue weighted by Crippen LogP contribution is 2.35. The van der Waals surface area contributed by atoms with E-state index < -0.39 is 17.6 Å².